The number of benzene rings is 2. The minimum absolute atomic E-state index is 0.308. The number of para-hydroxylation sites is 1. The van der Waals surface area contributed by atoms with Crippen molar-refractivity contribution >= 4 is 24.4 Å². The van der Waals surface area contributed by atoms with Gasteiger partial charge in [0.15, 0.2) is 0 Å². The summed E-state index contributed by atoms with van der Waals surface area (Å²) < 4.78 is 18.1. The molecular formula is C17H22FNO2S. The van der Waals surface area contributed by atoms with Crippen LogP contribution in [0.3, 0.4) is 0 Å². The highest BCUT2D eigenvalue weighted by molar-refractivity contribution is 7.79. The molecular weight excluding hydrogens is 301 g/mol. The molecule has 0 fully saturated rings. The van der Waals surface area contributed by atoms with E-state index in [1.807, 2.05) is 19.9 Å². The third kappa shape index (κ3) is 7.13. The summed E-state index contributed by atoms with van der Waals surface area (Å²) in [6.45, 7) is 5.63. The summed E-state index contributed by atoms with van der Waals surface area (Å²) in [5, 5.41) is 2.53. The second-order valence-corrected chi connectivity index (χ2v) is 3.79. The number of nitrogens with one attached hydrogen (secondary N) is 1. The lowest BCUT2D eigenvalue weighted by Crippen LogP contribution is -2.16. The monoisotopic (exact) mass is 323 g/mol. The fourth-order valence-corrected chi connectivity index (χ4v) is 1.46. The van der Waals surface area contributed by atoms with Crippen molar-refractivity contribution in [3.05, 3.63) is 59.9 Å². The van der Waals surface area contributed by atoms with E-state index in [0.29, 0.717) is 17.0 Å². The van der Waals surface area contributed by atoms with Crippen LogP contribution < -0.4 is 10.1 Å². The number of amides is 1. The van der Waals surface area contributed by atoms with E-state index in [-0.39, 0.29) is 5.82 Å². The van der Waals surface area contributed by atoms with Crippen LogP contribution in [0.1, 0.15) is 19.4 Å². The third-order valence-corrected chi connectivity index (χ3v) is 2.36. The second kappa shape index (κ2) is 11.6. The van der Waals surface area contributed by atoms with E-state index in [9.17, 15) is 9.18 Å². The molecule has 22 heavy (non-hydrogen) atoms. The summed E-state index contributed by atoms with van der Waals surface area (Å²) in [6, 6.07) is 13.0. The SMILES string of the molecule is CC.CS.Cc1cc(NC(=O)Oc2ccccc2)ccc1F. The van der Waals surface area contributed by atoms with Gasteiger partial charge >= 0.3 is 6.09 Å². The Hall–Kier alpha value is -2.01. The van der Waals surface area contributed by atoms with Crippen LogP contribution in [-0.2, 0) is 0 Å². The molecule has 0 radical (unpaired) electrons. The van der Waals surface area contributed by atoms with Crippen molar-refractivity contribution in [2.75, 3.05) is 11.6 Å². The van der Waals surface area contributed by atoms with Crippen LogP contribution in [-0.4, -0.2) is 12.3 Å². The first-order valence-corrected chi connectivity index (χ1v) is 7.79. The number of ether oxygens (including phenoxy) is 1. The van der Waals surface area contributed by atoms with Crippen LogP contribution in [0.4, 0.5) is 14.9 Å². The van der Waals surface area contributed by atoms with Gasteiger partial charge in [0.1, 0.15) is 11.6 Å². The summed E-state index contributed by atoms with van der Waals surface area (Å²) in [5.74, 6) is 0.144. The fourth-order valence-electron chi connectivity index (χ4n) is 1.46. The molecule has 0 heterocycles. The van der Waals surface area contributed by atoms with Gasteiger partial charge < -0.3 is 4.74 Å². The maximum absolute atomic E-state index is 13.0. The molecule has 0 atom stereocenters. The van der Waals surface area contributed by atoms with Crippen molar-refractivity contribution < 1.29 is 13.9 Å². The van der Waals surface area contributed by atoms with Crippen LogP contribution in [0, 0.1) is 12.7 Å². The zero-order chi connectivity index (χ0) is 17.0. The molecule has 0 aliphatic carbocycles. The number of hydrogen-bond donors (Lipinski definition) is 2. The van der Waals surface area contributed by atoms with Gasteiger partial charge in [-0.2, -0.15) is 12.6 Å². The first kappa shape index (κ1) is 20.0. The van der Waals surface area contributed by atoms with E-state index >= 15 is 0 Å². The summed E-state index contributed by atoms with van der Waals surface area (Å²) >= 11 is 3.53. The number of carbonyl (C=O) groups is 1. The highest BCUT2D eigenvalue weighted by Crippen LogP contribution is 2.15. The first-order chi connectivity index (χ1) is 10.6. The average Bonchev–Trinajstić information content (AvgIpc) is 2.56. The molecule has 1 N–H and O–H groups in total. The van der Waals surface area contributed by atoms with Crippen molar-refractivity contribution in [3.63, 3.8) is 0 Å². The normalized spacial score (nSPS) is 8.64. The van der Waals surface area contributed by atoms with Gasteiger partial charge in [0.25, 0.3) is 0 Å². The highest BCUT2D eigenvalue weighted by atomic mass is 32.1. The summed E-state index contributed by atoms with van der Waals surface area (Å²) in [5.41, 5.74) is 0.961. The number of hydrogen-bond acceptors (Lipinski definition) is 3. The van der Waals surface area contributed by atoms with E-state index in [1.165, 1.54) is 12.1 Å². The Labute approximate surface area is 136 Å². The lowest BCUT2D eigenvalue weighted by atomic mass is 10.2. The molecule has 0 bridgehead atoms. The van der Waals surface area contributed by atoms with Crippen molar-refractivity contribution in [2.45, 2.75) is 20.8 Å². The Morgan fingerprint density at radius 1 is 1.09 bits per heavy atom. The number of rotatable bonds is 2. The lowest BCUT2D eigenvalue weighted by Gasteiger charge is -2.07. The zero-order valence-electron chi connectivity index (χ0n) is 13.3. The van der Waals surface area contributed by atoms with Crippen LogP contribution in [0.5, 0.6) is 5.75 Å². The molecule has 0 saturated heterocycles. The van der Waals surface area contributed by atoms with Crippen LogP contribution in [0.15, 0.2) is 48.5 Å². The number of aryl methyl sites for hydroxylation is 1. The van der Waals surface area contributed by atoms with Crippen LogP contribution in [0.25, 0.3) is 0 Å². The van der Waals surface area contributed by atoms with Gasteiger partial charge in [0.2, 0.25) is 0 Å². The van der Waals surface area contributed by atoms with E-state index in [4.69, 9.17) is 4.74 Å². The topological polar surface area (TPSA) is 38.3 Å². The number of carbonyl (C=O) groups excluding carboxylic acids is 1. The average molecular weight is 323 g/mol. The Kier molecular flexibility index (Phi) is 10.6. The zero-order valence-corrected chi connectivity index (χ0v) is 14.2. The number of thiol groups is 1. The number of anilines is 1. The van der Waals surface area contributed by atoms with Gasteiger partial charge in [-0.1, -0.05) is 32.0 Å². The number of halogens is 1. The summed E-state index contributed by atoms with van der Waals surface area (Å²) in [4.78, 5) is 11.6. The van der Waals surface area contributed by atoms with Gasteiger partial charge in [-0.05, 0) is 49.1 Å². The second-order valence-electron chi connectivity index (χ2n) is 3.79. The molecule has 3 nitrogen and oxygen atoms in total. The molecule has 5 heteroatoms. The van der Waals surface area contributed by atoms with Crippen molar-refractivity contribution in [1.82, 2.24) is 0 Å². The molecule has 0 spiro atoms. The predicted octanol–water partition coefficient (Wildman–Crippen LogP) is 5.32. The molecule has 0 aliphatic heterocycles. The molecule has 1 amide bonds. The van der Waals surface area contributed by atoms with Crippen molar-refractivity contribution in [2.24, 2.45) is 0 Å². The van der Waals surface area contributed by atoms with Gasteiger partial charge in [-0.15, -0.1) is 0 Å². The molecule has 2 aromatic carbocycles. The Balaban J connectivity index is 0.00000102. The minimum atomic E-state index is -0.604. The third-order valence-electron chi connectivity index (χ3n) is 2.36. The molecule has 0 aromatic heterocycles. The van der Waals surface area contributed by atoms with Crippen molar-refractivity contribution in [1.29, 1.82) is 0 Å². The van der Waals surface area contributed by atoms with E-state index < -0.39 is 6.09 Å². The molecule has 0 unspecified atom stereocenters. The summed E-state index contributed by atoms with van der Waals surface area (Å²) in [6.07, 6.45) is 1.09. The molecule has 2 rings (SSSR count). The molecule has 0 saturated carbocycles. The summed E-state index contributed by atoms with van der Waals surface area (Å²) in [7, 11) is 0. The van der Waals surface area contributed by atoms with Crippen LogP contribution >= 0.6 is 12.6 Å². The maximum Gasteiger partial charge on any atom is 0.417 e. The van der Waals surface area contributed by atoms with E-state index in [1.54, 1.807) is 43.5 Å². The fraction of sp³-hybridized carbons (Fsp3) is 0.235. The molecule has 2 aromatic rings. The first-order valence-electron chi connectivity index (χ1n) is 6.90. The lowest BCUT2D eigenvalue weighted by molar-refractivity contribution is 0.215. The van der Waals surface area contributed by atoms with Gasteiger partial charge in [0, 0.05) is 5.69 Å². The highest BCUT2D eigenvalue weighted by Gasteiger charge is 2.06. The quantitative estimate of drug-likeness (QED) is 0.734. The standard InChI is InChI=1S/C14H12FNO2.C2H6.CH4S/c1-10-9-11(7-8-13(10)15)16-14(17)18-12-5-3-2-4-6-12;2*1-2/h2-9H,1H3,(H,16,17);1-2H3;2H,1H3. The molecule has 120 valence electrons. The van der Waals surface area contributed by atoms with E-state index in [0.717, 1.165) is 0 Å². The van der Waals surface area contributed by atoms with Gasteiger partial charge in [0.05, 0.1) is 0 Å². The Bertz CT molecular complexity index is 562. The predicted molar refractivity (Wildman–Crippen MR) is 93.5 cm³/mol. The maximum atomic E-state index is 13.0. The smallest absolute Gasteiger partial charge is 0.410 e. The van der Waals surface area contributed by atoms with Crippen molar-refractivity contribution in [3.8, 4) is 5.75 Å². The Morgan fingerprint density at radius 3 is 2.23 bits per heavy atom. The van der Waals surface area contributed by atoms with Crippen LogP contribution in [0.2, 0.25) is 0 Å². The van der Waals surface area contributed by atoms with E-state index in [2.05, 4.69) is 17.9 Å². The van der Waals surface area contributed by atoms with Gasteiger partial charge in [-0.25, -0.2) is 9.18 Å². The Morgan fingerprint density at radius 2 is 1.68 bits per heavy atom. The largest absolute Gasteiger partial charge is 0.417 e. The van der Waals surface area contributed by atoms with Gasteiger partial charge in [-0.3, -0.25) is 5.32 Å². The minimum Gasteiger partial charge on any atom is -0.410 e. The molecule has 0 aliphatic rings.